The highest BCUT2D eigenvalue weighted by Crippen LogP contribution is 2.23. The van der Waals surface area contributed by atoms with E-state index in [1.807, 2.05) is 41.1 Å². The van der Waals surface area contributed by atoms with Crippen molar-refractivity contribution in [3.8, 4) is 17.0 Å². The third-order valence-corrected chi connectivity index (χ3v) is 3.30. The normalized spacial score (nSPS) is 11.0. The van der Waals surface area contributed by atoms with Crippen LogP contribution < -0.4 is 4.74 Å². The quantitative estimate of drug-likeness (QED) is 0.713. The summed E-state index contributed by atoms with van der Waals surface area (Å²) < 4.78 is 31.3. The summed E-state index contributed by atoms with van der Waals surface area (Å²) in [6, 6.07) is 10.8. The molecule has 108 valence electrons. The van der Waals surface area contributed by atoms with E-state index in [1.165, 1.54) is 0 Å². The number of fused-ring (bicyclic) bond motifs is 1. The van der Waals surface area contributed by atoms with E-state index in [0.717, 1.165) is 22.5 Å². The van der Waals surface area contributed by atoms with Gasteiger partial charge in [-0.15, -0.1) is 0 Å². The average molecular weight is 288 g/mol. The van der Waals surface area contributed by atoms with E-state index in [-0.39, 0.29) is 0 Å². The molecule has 0 atom stereocenters. The minimum Gasteiger partial charge on any atom is -0.463 e. The number of ether oxygens (including phenoxy) is 1. The van der Waals surface area contributed by atoms with Gasteiger partial charge in [0.1, 0.15) is 11.4 Å². The largest absolute Gasteiger partial charge is 0.463 e. The molecule has 0 fully saturated rings. The summed E-state index contributed by atoms with van der Waals surface area (Å²) in [6.07, 6.45) is 4.13. The second kappa shape index (κ2) is 5.91. The molecule has 0 saturated carbocycles. The molecule has 0 bridgehead atoms. The molecule has 2 heterocycles. The fourth-order valence-electron chi connectivity index (χ4n) is 2.29. The lowest BCUT2D eigenvalue weighted by atomic mass is 10.2. The Hall–Kier alpha value is -2.43. The standard InChI is InChI=1S/C16H14F2N2O/c17-8-7-13-2-1-9-20-10-15(19-16(13)20)12-3-5-14(6-4-12)21-11-18/h1-6,9-10H,7-8,11H2. The van der Waals surface area contributed by atoms with Crippen LogP contribution in [-0.2, 0) is 6.42 Å². The molecule has 5 heteroatoms. The van der Waals surface area contributed by atoms with Crippen LogP contribution in [0.2, 0.25) is 0 Å². The molecule has 3 nitrogen and oxygen atoms in total. The van der Waals surface area contributed by atoms with Gasteiger partial charge in [-0.1, -0.05) is 6.07 Å². The van der Waals surface area contributed by atoms with Crippen LogP contribution in [0.3, 0.4) is 0 Å². The predicted molar refractivity (Wildman–Crippen MR) is 76.9 cm³/mol. The van der Waals surface area contributed by atoms with Crippen molar-refractivity contribution in [1.29, 1.82) is 0 Å². The zero-order valence-corrected chi connectivity index (χ0v) is 11.3. The first kappa shape index (κ1) is 13.5. The first-order chi connectivity index (χ1) is 10.3. The summed E-state index contributed by atoms with van der Waals surface area (Å²) in [5.41, 5.74) is 3.32. The lowest BCUT2D eigenvalue weighted by Crippen LogP contribution is -1.92. The maximum absolute atomic E-state index is 12.6. The van der Waals surface area contributed by atoms with Gasteiger partial charge in [0.05, 0.1) is 12.4 Å². The fraction of sp³-hybridized carbons (Fsp3) is 0.188. The molecule has 0 N–H and O–H groups in total. The van der Waals surface area contributed by atoms with Crippen molar-refractivity contribution in [2.24, 2.45) is 0 Å². The maximum atomic E-state index is 12.6. The predicted octanol–water partition coefficient (Wildman–Crippen LogP) is 3.82. The number of rotatable bonds is 5. The highest BCUT2D eigenvalue weighted by molar-refractivity contribution is 5.64. The molecule has 0 radical (unpaired) electrons. The molecule has 0 aliphatic rings. The molecule has 3 aromatic rings. The Balaban J connectivity index is 1.98. The van der Waals surface area contributed by atoms with Crippen LogP contribution in [-0.4, -0.2) is 22.9 Å². The van der Waals surface area contributed by atoms with E-state index in [4.69, 9.17) is 4.74 Å². The highest BCUT2D eigenvalue weighted by Gasteiger charge is 2.08. The van der Waals surface area contributed by atoms with Crippen LogP contribution in [0.1, 0.15) is 5.56 Å². The summed E-state index contributed by atoms with van der Waals surface area (Å²) in [5, 5.41) is 0. The van der Waals surface area contributed by atoms with Gasteiger partial charge in [0.2, 0.25) is 6.86 Å². The minimum atomic E-state index is -0.847. The average Bonchev–Trinajstić information content (AvgIpc) is 2.94. The molecule has 0 aliphatic carbocycles. The van der Waals surface area contributed by atoms with Gasteiger partial charge in [0.15, 0.2) is 0 Å². The Bertz CT molecular complexity index is 738. The molecule has 3 rings (SSSR count). The minimum absolute atomic E-state index is 0.351. The van der Waals surface area contributed by atoms with Gasteiger partial charge >= 0.3 is 0 Å². The van der Waals surface area contributed by atoms with Crippen LogP contribution in [0.25, 0.3) is 16.9 Å². The Kier molecular flexibility index (Phi) is 3.81. The van der Waals surface area contributed by atoms with Crippen LogP contribution in [0, 0.1) is 0 Å². The Morgan fingerprint density at radius 2 is 1.90 bits per heavy atom. The number of benzene rings is 1. The summed E-state index contributed by atoms with van der Waals surface area (Å²) >= 11 is 0. The molecule has 0 spiro atoms. The number of aromatic nitrogens is 2. The Morgan fingerprint density at radius 1 is 1.10 bits per heavy atom. The fourth-order valence-corrected chi connectivity index (χ4v) is 2.29. The van der Waals surface area contributed by atoms with Crippen molar-refractivity contribution in [2.45, 2.75) is 6.42 Å². The third-order valence-electron chi connectivity index (χ3n) is 3.30. The SMILES string of the molecule is FCCc1cccn2cc(-c3ccc(OCF)cc3)nc12. The van der Waals surface area contributed by atoms with E-state index >= 15 is 0 Å². The third kappa shape index (κ3) is 2.72. The van der Waals surface area contributed by atoms with Crippen molar-refractivity contribution >= 4 is 5.65 Å². The van der Waals surface area contributed by atoms with Gasteiger partial charge in [-0.3, -0.25) is 4.39 Å². The number of pyridine rings is 1. The smallest absolute Gasteiger partial charge is 0.228 e. The first-order valence-corrected chi connectivity index (χ1v) is 6.63. The Morgan fingerprint density at radius 3 is 2.62 bits per heavy atom. The van der Waals surface area contributed by atoms with Crippen molar-refractivity contribution < 1.29 is 13.5 Å². The van der Waals surface area contributed by atoms with Crippen LogP contribution in [0.4, 0.5) is 8.78 Å². The van der Waals surface area contributed by atoms with Gasteiger partial charge in [-0.05, 0) is 35.9 Å². The number of imidazole rings is 1. The summed E-state index contributed by atoms with van der Waals surface area (Å²) in [6.45, 7) is -1.25. The molecule has 0 saturated heterocycles. The zero-order valence-electron chi connectivity index (χ0n) is 11.3. The number of halogens is 2. The molecular formula is C16H14F2N2O. The number of hydrogen-bond acceptors (Lipinski definition) is 2. The topological polar surface area (TPSA) is 26.5 Å². The summed E-state index contributed by atoms with van der Waals surface area (Å²) in [4.78, 5) is 4.56. The van der Waals surface area contributed by atoms with E-state index in [2.05, 4.69) is 4.98 Å². The van der Waals surface area contributed by atoms with Gasteiger partial charge in [0, 0.05) is 24.4 Å². The highest BCUT2D eigenvalue weighted by atomic mass is 19.1. The van der Waals surface area contributed by atoms with E-state index < -0.39 is 13.5 Å². The van der Waals surface area contributed by atoms with Crippen LogP contribution >= 0.6 is 0 Å². The second-order valence-electron chi connectivity index (χ2n) is 4.61. The lowest BCUT2D eigenvalue weighted by Gasteiger charge is -2.01. The lowest BCUT2D eigenvalue weighted by molar-refractivity contribution is 0.192. The maximum Gasteiger partial charge on any atom is 0.228 e. The first-order valence-electron chi connectivity index (χ1n) is 6.63. The van der Waals surface area contributed by atoms with Crippen LogP contribution in [0.15, 0.2) is 48.8 Å². The molecule has 0 unspecified atom stereocenters. The zero-order chi connectivity index (χ0) is 14.7. The number of nitrogens with zero attached hydrogens (tertiary/aromatic N) is 2. The van der Waals surface area contributed by atoms with Gasteiger partial charge in [-0.25, -0.2) is 9.37 Å². The Labute approximate surface area is 120 Å². The van der Waals surface area contributed by atoms with Crippen molar-refractivity contribution in [3.05, 3.63) is 54.4 Å². The number of alkyl halides is 2. The van der Waals surface area contributed by atoms with Crippen LogP contribution in [0.5, 0.6) is 5.75 Å². The van der Waals surface area contributed by atoms with Gasteiger partial charge < -0.3 is 9.14 Å². The monoisotopic (exact) mass is 288 g/mol. The number of aryl methyl sites for hydroxylation is 1. The molecular weight excluding hydrogens is 274 g/mol. The summed E-state index contributed by atoms with van der Waals surface area (Å²) in [7, 11) is 0. The number of hydrogen-bond donors (Lipinski definition) is 0. The van der Waals surface area contributed by atoms with E-state index in [0.29, 0.717) is 12.2 Å². The molecule has 0 amide bonds. The van der Waals surface area contributed by atoms with E-state index in [9.17, 15) is 8.78 Å². The molecule has 2 aromatic heterocycles. The molecule has 21 heavy (non-hydrogen) atoms. The van der Waals surface area contributed by atoms with E-state index in [1.54, 1.807) is 12.1 Å². The second-order valence-corrected chi connectivity index (χ2v) is 4.61. The van der Waals surface area contributed by atoms with Crippen molar-refractivity contribution in [2.75, 3.05) is 13.5 Å². The molecule has 1 aromatic carbocycles. The van der Waals surface area contributed by atoms with Crippen molar-refractivity contribution in [3.63, 3.8) is 0 Å². The molecule has 0 aliphatic heterocycles. The van der Waals surface area contributed by atoms with Gasteiger partial charge in [0.25, 0.3) is 0 Å². The summed E-state index contributed by atoms with van der Waals surface area (Å²) in [5.74, 6) is 0.475. The van der Waals surface area contributed by atoms with Crippen molar-refractivity contribution in [1.82, 2.24) is 9.38 Å². The van der Waals surface area contributed by atoms with Gasteiger partial charge in [-0.2, -0.15) is 0 Å².